The molecule has 2 heterocycles. The number of rotatable bonds is 9. The van der Waals surface area contributed by atoms with Gasteiger partial charge >= 0.3 is 0 Å². The number of thiocarbonyl (C=S) groups is 1. The van der Waals surface area contributed by atoms with Crippen molar-refractivity contribution in [3.05, 3.63) is 0 Å². The predicted octanol–water partition coefficient (Wildman–Crippen LogP) is 2.92. The van der Waals surface area contributed by atoms with Crippen LogP contribution >= 0.6 is 33.8 Å². The van der Waals surface area contributed by atoms with Crippen LogP contribution in [0.3, 0.4) is 0 Å². The van der Waals surface area contributed by atoms with Gasteiger partial charge in [-0.3, -0.25) is 4.90 Å². The maximum Gasteiger partial charge on any atom is 0.256 e. The average Bonchev–Trinajstić information content (AvgIpc) is 3.05. The molecular formula is C15H28N2O2S3. The molecule has 0 bridgehead atoms. The van der Waals surface area contributed by atoms with E-state index < -0.39 is 0 Å². The van der Waals surface area contributed by atoms with Crippen LogP contribution in [0.5, 0.6) is 0 Å². The highest BCUT2D eigenvalue weighted by Crippen LogP contribution is 2.39. The highest BCUT2D eigenvalue weighted by atomic mass is 33.1. The van der Waals surface area contributed by atoms with E-state index in [4.69, 9.17) is 21.7 Å². The Balaban J connectivity index is 1.36. The zero-order valence-electron chi connectivity index (χ0n) is 13.3. The molecule has 0 aliphatic carbocycles. The molecule has 2 rings (SSSR count). The van der Waals surface area contributed by atoms with E-state index >= 15 is 0 Å². The highest BCUT2D eigenvalue weighted by molar-refractivity contribution is 8.77. The van der Waals surface area contributed by atoms with Gasteiger partial charge in [-0.2, -0.15) is 0 Å². The molecule has 0 spiro atoms. The van der Waals surface area contributed by atoms with Crippen molar-refractivity contribution in [2.24, 2.45) is 0 Å². The van der Waals surface area contributed by atoms with E-state index in [1.807, 2.05) is 10.8 Å². The van der Waals surface area contributed by atoms with Crippen molar-refractivity contribution in [2.45, 2.75) is 37.4 Å². The quantitative estimate of drug-likeness (QED) is 0.383. The summed E-state index contributed by atoms with van der Waals surface area (Å²) in [6.45, 7) is 6.34. The molecule has 0 aromatic heterocycles. The predicted molar refractivity (Wildman–Crippen MR) is 101 cm³/mol. The van der Waals surface area contributed by atoms with Crippen LogP contribution < -0.4 is 5.32 Å². The standard InChI is InChI=1S/C15H28N2O2S3/c20-15(16-6-7-17-8-11-18-12-9-17)19-10-3-1-2-4-14-5-13-21-22-14/h14H,1-13H2,(H,16,20)/t14-/m1/s1. The van der Waals surface area contributed by atoms with Gasteiger partial charge in [-0.05, 0) is 31.5 Å². The molecule has 0 aromatic rings. The molecule has 22 heavy (non-hydrogen) atoms. The van der Waals surface area contributed by atoms with Crippen LogP contribution in [0.1, 0.15) is 32.1 Å². The molecule has 0 unspecified atom stereocenters. The number of nitrogens with zero attached hydrogens (tertiary/aromatic N) is 1. The number of ether oxygens (including phenoxy) is 2. The van der Waals surface area contributed by atoms with Gasteiger partial charge < -0.3 is 14.8 Å². The van der Waals surface area contributed by atoms with E-state index in [9.17, 15) is 0 Å². The van der Waals surface area contributed by atoms with Crippen molar-refractivity contribution in [1.29, 1.82) is 0 Å². The number of hydrogen-bond acceptors (Lipinski definition) is 6. The second-order valence-electron chi connectivity index (χ2n) is 5.69. The Morgan fingerprint density at radius 3 is 2.91 bits per heavy atom. The van der Waals surface area contributed by atoms with Gasteiger partial charge in [-0.15, -0.1) is 0 Å². The van der Waals surface area contributed by atoms with Crippen LogP contribution in [-0.2, 0) is 9.47 Å². The van der Waals surface area contributed by atoms with Crippen LogP contribution in [0, 0.1) is 0 Å². The molecule has 1 atom stereocenters. The summed E-state index contributed by atoms with van der Waals surface area (Å²) in [4.78, 5) is 2.39. The second-order valence-corrected chi connectivity index (χ2v) is 8.85. The monoisotopic (exact) mass is 364 g/mol. The molecule has 4 nitrogen and oxygen atoms in total. The fourth-order valence-electron chi connectivity index (χ4n) is 2.57. The second kappa shape index (κ2) is 11.8. The largest absolute Gasteiger partial charge is 0.471 e. The van der Waals surface area contributed by atoms with Gasteiger partial charge in [0.05, 0.1) is 19.8 Å². The summed E-state index contributed by atoms with van der Waals surface area (Å²) in [5.41, 5.74) is 0. The lowest BCUT2D eigenvalue weighted by Crippen LogP contribution is -2.41. The molecule has 2 fully saturated rings. The van der Waals surface area contributed by atoms with Crippen molar-refractivity contribution in [2.75, 3.05) is 51.8 Å². The molecule has 0 radical (unpaired) electrons. The number of nitrogens with one attached hydrogen (secondary N) is 1. The Labute approximate surface area is 147 Å². The van der Waals surface area contributed by atoms with Crippen molar-refractivity contribution in [3.63, 3.8) is 0 Å². The molecule has 0 aromatic carbocycles. The van der Waals surface area contributed by atoms with Crippen LogP contribution in [0.4, 0.5) is 0 Å². The molecule has 0 amide bonds. The van der Waals surface area contributed by atoms with Crippen molar-refractivity contribution in [1.82, 2.24) is 10.2 Å². The first-order valence-corrected chi connectivity index (χ1v) is 11.1. The lowest BCUT2D eigenvalue weighted by atomic mass is 10.1. The third kappa shape index (κ3) is 8.24. The minimum Gasteiger partial charge on any atom is -0.471 e. The van der Waals surface area contributed by atoms with E-state index in [1.165, 1.54) is 31.4 Å². The Bertz CT molecular complexity index is 309. The van der Waals surface area contributed by atoms with Crippen LogP contribution in [0.25, 0.3) is 0 Å². The van der Waals surface area contributed by atoms with Gasteiger partial charge in [0.25, 0.3) is 5.17 Å². The first kappa shape index (κ1) is 18.6. The zero-order valence-corrected chi connectivity index (χ0v) is 15.7. The number of morpholine rings is 1. The minimum atomic E-state index is 0.552. The summed E-state index contributed by atoms with van der Waals surface area (Å²) in [5.74, 6) is 1.34. The Hall–Kier alpha value is 0.310. The smallest absolute Gasteiger partial charge is 0.256 e. The Kier molecular flexibility index (Phi) is 9.99. The highest BCUT2D eigenvalue weighted by Gasteiger charge is 2.15. The van der Waals surface area contributed by atoms with E-state index in [2.05, 4.69) is 21.0 Å². The molecule has 2 saturated heterocycles. The summed E-state index contributed by atoms with van der Waals surface area (Å²) in [6.07, 6.45) is 6.43. The van der Waals surface area contributed by atoms with Gasteiger partial charge in [-0.1, -0.05) is 34.4 Å². The van der Waals surface area contributed by atoms with Gasteiger partial charge in [0.2, 0.25) is 0 Å². The minimum absolute atomic E-state index is 0.552. The van der Waals surface area contributed by atoms with Gasteiger partial charge in [0, 0.05) is 37.2 Å². The maximum atomic E-state index is 5.57. The number of unbranched alkanes of at least 4 members (excludes halogenated alkanes) is 2. The molecule has 2 aliphatic heterocycles. The lowest BCUT2D eigenvalue weighted by Gasteiger charge is -2.26. The fraction of sp³-hybridized carbons (Fsp3) is 0.933. The first-order valence-electron chi connectivity index (χ1n) is 8.33. The van der Waals surface area contributed by atoms with Gasteiger partial charge in [0.15, 0.2) is 0 Å². The molecule has 128 valence electrons. The van der Waals surface area contributed by atoms with E-state index in [-0.39, 0.29) is 0 Å². The van der Waals surface area contributed by atoms with Crippen molar-refractivity contribution >= 4 is 39.0 Å². The summed E-state index contributed by atoms with van der Waals surface area (Å²) < 4.78 is 10.9. The SMILES string of the molecule is S=C(NCCN1CCOCC1)OCCCCC[C@@H]1CCSS1. The van der Waals surface area contributed by atoms with E-state index in [0.717, 1.165) is 57.7 Å². The third-order valence-corrected chi connectivity index (χ3v) is 7.20. The summed E-state index contributed by atoms with van der Waals surface area (Å²) in [5, 5.41) is 4.64. The summed E-state index contributed by atoms with van der Waals surface area (Å²) >= 11 is 5.20. The van der Waals surface area contributed by atoms with Gasteiger partial charge in [0.1, 0.15) is 0 Å². The topological polar surface area (TPSA) is 33.7 Å². The van der Waals surface area contributed by atoms with Crippen LogP contribution in [0.15, 0.2) is 0 Å². The van der Waals surface area contributed by atoms with Crippen molar-refractivity contribution in [3.8, 4) is 0 Å². The molecule has 7 heteroatoms. The fourth-order valence-corrected chi connectivity index (χ4v) is 5.79. The van der Waals surface area contributed by atoms with Crippen LogP contribution in [-0.4, -0.2) is 67.1 Å². The van der Waals surface area contributed by atoms with Crippen molar-refractivity contribution < 1.29 is 9.47 Å². The molecular weight excluding hydrogens is 336 g/mol. The lowest BCUT2D eigenvalue weighted by molar-refractivity contribution is 0.0388. The average molecular weight is 365 g/mol. The number of hydrogen-bond donors (Lipinski definition) is 1. The zero-order chi connectivity index (χ0) is 15.5. The molecule has 0 saturated carbocycles. The summed E-state index contributed by atoms with van der Waals surface area (Å²) in [6, 6.07) is 0. The first-order chi connectivity index (χ1) is 10.8. The van der Waals surface area contributed by atoms with Crippen LogP contribution in [0.2, 0.25) is 0 Å². The maximum absolute atomic E-state index is 5.57. The molecule has 1 N–H and O–H groups in total. The third-order valence-electron chi connectivity index (χ3n) is 3.93. The van der Waals surface area contributed by atoms with E-state index in [0.29, 0.717) is 5.17 Å². The summed E-state index contributed by atoms with van der Waals surface area (Å²) in [7, 11) is 4.10. The Morgan fingerprint density at radius 2 is 2.14 bits per heavy atom. The normalized spacial score (nSPS) is 22.6. The molecule has 2 aliphatic rings. The van der Waals surface area contributed by atoms with E-state index in [1.54, 1.807) is 0 Å². The Morgan fingerprint density at radius 1 is 1.27 bits per heavy atom. The van der Waals surface area contributed by atoms with Gasteiger partial charge in [-0.25, -0.2) is 0 Å².